The van der Waals surface area contributed by atoms with Gasteiger partial charge in [0.15, 0.2) is 0 Å². The molecule has 0 aliphatic carbocycles. The zero-order valence-corrected chi connectivity index (χ0v) is 6.94. The molecule has 2 N–H and O–H groups in total. The Morgan fingerprint density at radius 3 is 3.09 bits per heavy atom. The van der Waals surface area contributed by atoms with Gasteiger partial charge in [0.2, 0.25) is 5.91 Å². The maximum Gasteiger partial charge on any atom is 0.221 e. The number of nitrogens with one attached hydrogen (secondary N) is 1. The molecule has 0 unspecified atom stereocenters. The monoisotopic (exact) mass is 171 g/mol. The summed E-state index contributed by atoms with van der Waals surface area (Å²) in [7, 11) is 0. The third-order valence-corrected chi connectivity index (χ3v) is 2.11. The van der Waals surface area contributed by atoms with Crippen LogP contribution in [0, 0.1) is 0 Å². The topological polar surface area (TPSA) is 49.3 Å². The SMILES string of the molecule is CC(=O)Nc1ccsc1CO. The van der Waals surface area contributed by atoms with E-state index in [1.165, 1.54) is 18.3 Å². The van der Waals surface area contributed by atoms with Crippen LogP contribution in [0.5, 0.6) is 0 Å². The molecule has 1 heterocycles. The third-order valence-electron chi connectivity index (χ3n) is 1.20. The largest absolute Gasteiger partial charge is 0.391 e. The molecule has 11 heavy (non-hydrogen) atoms. The summed E-state index contributed by atoms with van der Waals surface area (Å²) in [4.78, 5) is 11.4. The molecule has 1 amide bonds. The van der Waals surface area contributed by atoms with Crippen LogP contribution >= 0.6 is 11.3 Å². The van der Waals surface area contributed by atoms with Gasteiger partial charge in [0.1, 0.15) is 0 Å². The van der Waals surface area contributed by atoms with Crippen LogP contribution in [0.25, 0.3) is 0 Å². The minimum atomic E-state index is -0.113. The Bertz CT molecular complexity index is 257. The predicted molar refractivity (Wildman–Crippen MR) is 44.5 cm³/mol. The van der Waals surface area contributed by atoms with E-state index in [0.717, 1.165) is 4.88 Å². The van der Waals surface area contributed by atoms with Crippen molar-refractivity contribution < 1.29 is 9.90 Å². The summed E-state index contributed by atoms with van der Waals surface area (Å²) < 4.78 is 0. The molecule has 1 rings (SSSR count). The maximum absolute atomic E-state index is 10.6. The van der Waals surface area contributed by atoms with Gasteiger partial charge in [0, 0.05) is 6.92 Å². The van der Waals surface area contributed by atoms with Gasteiger partial charge >= 0.3 is 0 Å². The lowest BCUT2D eigenvalue weighted by Gasteiger charge is -1.99. The van der Waals surface area contributed by atoms with Crippen LogP contribution in [-0.4, -0.2) is 11.0 Å². The van der Waals surface area contributed by atoms with Crippen molar-refractivity contribution in [2.75, 3.05) is 5.32 Å². The summed E-state index contributed by atoms with van der Waals surface area (Å²) in [5.74, 6) is -0.113. The van der Waals surface area contributed by atoms with Crippen molar-refractivity contribution in [3.8, 4) is 0 Å². The molecule has 0 aromatic carbocycles. The summed E-state index contributed by atoms with van der Waals surface area (Å²) in [6.07, 6.45) is 0. The van der Waals surface area contributed by atoms with Crippen LogP contribution in [0.15, 0.2) is 11.4 Å². The molecule has 0 aliphatic heterocycles. The molecule has 3 nitrogen and oxygen atoms in total. The van der Waals surface area contributed by atoms with Gasteiger partial charge in [-0.25, -0.2) is 0 Å². The number of hydrogen-bond donors (Lipinski definition) is 2. The second kappa shape index (κ2) is 3.50. The fourth-order valence-corrected chi connectivity index (χ4v) is 1.45. The maximum atomic E-state index is 10.6. The van der Waals surface area contributed by atoms with E-state index in [4.69, 9.17) is 5.11 Å². The first kappa shape index (κ1) is 8.23. The molecule has 0 spiro atoms. The number of anilines is 1. The number of carbonyl (C=O) groups excluding carboxylic acids is 1. The van der Waals surface area contributed by atoms with Crippen LogP contribution in [0.3, 0.4) is 0 Å². The lowest BCUT2D eigenvalue weighted by molar-refractivity contribution is -0.114. The number of carbonyl (C=O) groups is 1. The first-order valence-electron chi connectivity index (χ1n) is 3.19. The van der Waals surface area contributed by atoms with Gasteiger partial charge in [0.05, 0.1) is 17.2 Å². The van der Waals surface area contributed by atoms with Crippen LogP contribution in [0.2, 0.25) is 0 Å². The number of hydrogen-bond acceptors (Lipinski definition) is 3. The zero-order chi connectivity index (χ0) is 8.27. The first-order chi connectivity index (χ1) is 5.24. The van der Waals surface area contributed by atoms with Crippen molar-refractivity contribution in [3.63, 3.8) is 0 Å². The van der Waals surface area contributed by atoms with Crippen molar-refractivity contribution in [3.05, 3.63) is 16.3 Å². The Kier molecular flexibility index (Phi) is 2.62. The Morgan fingerprint density at radius 1 is 1.82 bits per heavy atom. The lowest BCUT2D eigenvalue weighted by Crippen LogP contribution is -2.06. The number of thiophene rings is 1. The average Bonchev–Trinajstić information content (AvgIpc) is 2.34. The Balaban J connectivity index is 2.76. The number of rotatable bonds is 2. The first-order valence-corrected chi connectivity index (χ1v) is 4.07. The Hall–Kier alpha value is -0.870. The molecule has 0 bridgehead atoms. The van der Waals surface area contributed by atoms with E-state index < -0.39 is 0 Å². The normalized spacial score (nSPS) is 9.64. The fourth-order valence-electron chi connectivity index (χ4n) is 0.764. The minimum Gasteiger partial charge on any atom is -0.391 e. The highest BCUT2D eigenvalue weighted by molar-refractivity contribution is 7.10. The fraction of sp³-hybridized carbons (Fsp3) is 0.286. The van der Waals surface area contributed by atoms with Crippen molar-refractivity contribution in [2.24, 2.45) is 0 Å². The smallest absolute Gasteiger partial charge is 0.221 e. The molecule has 0 fully saturated rings. The molecule has 1 aromatic heterocycles. The molecule has 0 saturated carbocycles. The summed E-state index contributed by atoms with van der Waals surface area (Å²) in [5.41, 5.74) is 0.713. The summed E-state index contributed by atoms with van der Waals surface area (Å²) >= 11 is 1.43. The quantitative estimate of drug-likeness (QED) is 0.702. The summed E-state index contributed by atoms with van der Waals surface area (Å²) in [6.45, 7) is 1.42. The number of amides is 1. The average molecular weight is 171 g/mol. The van der Waals surface area contributed by atoms with Gasteiger partial charge in [-0.05, 0) is 11.4 Å². The predicted octanol–water partition coefficient (Wildman–Crippen LogP) is 1.20. The summed E-state index contributed by atoms with van der Waals surface area (Å²) in [5, 5.41) is 13.2. The van der Waals surface area contributed by atoms with E-state index in [2.05, 4.69) is 5.32 Å². The second-order valence-corrected chi connectivity index (χ2v) is 3.10. The molecule has 0 aliphatic rings. The number of aliphatic hydroxyl groups excluding tert-OH is 1. The Morgan fingerprint density at radius 2 is 2.55 bits per heavy atom. The van der Waals surface area contributed by atoms with Crippen LogP contribution in [-0.2, 0) is 11.4 Å². The van der Waals surface area contributed by atoms with E-state index in [1.54, 1.807) is 6.07 Å². The molecule has 0 saturated heterocycles. The molecule has 60 valence electrons. The molecular formula is C7H9NO2S. The van der Waals surface area contributed by atoms with E-state index in [9.17, 15) is 4.79 Å². The molecular weight excluding hydrogens is 162 g/mol. The van der Waals surface area contributed by atoms with E-state index in [-0.39, 0.29) is 12.5 Å². The highest BCUT2D eigenvalue weighted by atomic mass is 32.1. The second-order valence-electron chi connectivity index (χ2n) is 2.10. The van der Waals surface area contributed by atoms with Gasteiger partial charge in [-0.1, -0.05) is 0 Å². The zero-order valence-electron chi connectivity index (χ0n) is 6.13. The van der Waals surface area contributed by atoms with Gasteiger partial charge in [-0.15, -0.1) is 11.3 Å². The molecule has 4 heteroatoms. The van der Waals surface area contributed by atoms with Crippen LogP contribution < -0.4 is 5.32 Å². The van der Waals surface area contributed by atoms with Crippen LogP contribution in [0.1, 0.15) is 11.8 Å². The van der Waals surface area contributed by atoms with Crippen LogP contribution in [0.4, 0.5) is 5.69 Å². The molecule has 1 aromatic rings. The third kappa shape index (κ3) is 2.03. The van der Waals surface area contributed by atoms with Gasteiger partial charge in [-0.2, -0.15) is 0 Å². The molecule has 0 atom stereocenters. The van der Waals surface area contributed by atoms with E-state index in [0.29, 0.717) is 5.69 Å². The van der Waals surface area contributed by atoms with Gasteiger partial charge < -0.3 is 10.4 Å². The van der Waals surface area contributed by atoms with Gasteiger partial charge in [0.25, 0.3) is 0 Å². The van der Waals surface area contributed by atoms with Crippen molar-refractivity contribution in [2.45, 2.75) is 13.5 Å². The van der Waals surface area contributed by atoms with E-state index >= 15 is 0 Å². The van der Waals surface area contributed by atoms with Gasteiger partial charge in [-0.3, -0.25) is 4.79 Å². The van der Waals surface area contributed by atoms with Crippen molar-refractivity contribution >= 4 is 22.9 Å². The minimum absolute atomic E-state index is 0.0206. The number of aliphatic hydroxyl groups is 1. The highest BCUT2D eigenvalue weighted by Crippen LogP contribution is 2.21. The lowest BCUT2D eigenvalue weighted by atomic mass is 10.4. The van der Waals surface area contributed by atoms with Crippen molar-refractivity contribution in [1.82, 2.24) is 0 Å². The van der Waals surface area contributed by atoms with E-state index in [1.807, 2.05) is 5.38 Å². The highest BCUT2D eigenvalue weighted by Gasteiger charge is 2.02. The molecule has 0 radical (unpaired) electrons. The standard InChI is InChI=1S/C7H9NO2S/c1-5(10)8-6-2-3-11-7(6)4-9/h2-3,9H,4H2,1H3,(H,8,10). The Labute approximate surface area is 68.7 Å². The van der Waals surface area contributed by atoms with Crippen molar-refractivity contribution in [1.29, 1.82) is 0 Å². The summed E-state index contributed by atoms with van der Waals surface area (Å²) in [6, 6.07) is 1.78.